The Morgan fingerprint density at radius 1 is 1.11 bits per heavy atom. The van der Waals surface area contributed by atoms with Gasteiger partial charge < -0.3 is 19.3 Å². The van der Waals surface area contributed by atoms with Crippen LogP contribution < -0.4 is 0 Å². The molecule has 3 aliphatic rings. The average Bonchev–Trinajstić information content (AvgIpc) is 2.69. The Morgan fingerprint density at radius 3 is 2.61 bits per heavy atom. The van der Waals surface area contributed by atoms with Crippen molar-refractivity contribution in [3.63, 3.8) is 0 Å². The van der Waals surface area contributed by atoms with E-state index in [-0.39, 0.29) is 22.9 Å². The lowest BCUT2D eigenvalue weighted by molar-refractivity contribution is -0.322. The number of halogens is 1. The van der Waals surface area contributed by atoms with E-state index in [9.17, 15) is 5.11 Å². The van der Waals surface area contributed by atoms with Crippen LogP contribution in [0.25, 0.3) is 0 Å². The van der Waals surface area contributed by atoms with Crippen LogP contribution >= 0.6 is 39.5 Å². The van der Waals surface area contributed by atoms with E-state index in [2.05, 4.69) is 51.6 Å². The van der Waals surface area contributed by atoms with Crippen LogP contribution in [0, 0.1) is 0 Å². The van der Waals surface area contributed by atoms with E-state index in [4.69, 9.17) is 14.2 Å². The fraction of sp³-hybridized carbons (Fsp3) is 0.714. The quantitative estimate of drug-likeness (QED) is 0.631. The molecule has 4 nitrogen and oxygen atoms in total. The molecule has 0 saturated carbocycles. The molecule has 3 atom stereocenters. The van der Waals surface area contributed by atoms with Gasteiger partial charge in [-0.1, -0.05) is 28.1 Å². The first-order chi connectivity index (χ1) is 13.6. The second-order valence-corrected chi connectivity index (χ2v) is 12.1. The smallest absolute Gasteiger partial charge is 0.171 e. The third kappa shape index (κ3) is 5.29. The number of benzene rings is 1. The van der Waals surface area contributed by atoms with Gasteiger partial charge in [0.05, 0.1) is 36.1 Å². The predicted octanol–water partition coefficient (Wildman–Crippen LogP) is 4.97. The van der Waals surface area contributed by atoms with Gasteiger partial charge in [0.25, 0.3) is 0 Å². The molecule has 0 radical (unpaired) electrons. The third-order valence-corrected chi connectivity index (χ3v) is 9.53. The van der Waals surface area contributed by atoms with Crippen molar-refractivity contribution >= 4 is 39.5 Å². The minimum absolute atomic E-state index is 0.0275. The van der Waals surface area contributed by atoms with Gasteiger partial charge in [-0.3, -0.25) is 0 Å². The van der Waals surface area contributed by atoms with E-state index >= 15 is 0 Å². The maximum atomic E-state index is 9.64. The van der Waals surface area contributed by atoms with Crippen LogP contribution in [0.15, 0.2) is 28.7 Å². The average molecular weight is 489 g/mol. The van der Waals surface area contributed by atoms with Crippen LogP contribution in [0.3, 0.4) is 0 Å². The number of hydrogen-bond acceptors (Lipinski definition) is 6. The van der Waals surface area contributed by atoms with Crippen LogP contribution in [0.4, 0.5) is 0 Å². The highest BCUT2D eigenvalue weighted by atomic mass is 79.9. The van der Waals surface area contributed by atoms with E-state index in [1.807, 2.05) is 12.1 Å². The van der Waals surface area contributed by atoms with Crippen LogP contribution in [0.5, 0.6) is 0 Å². The van der Waals surface area contributed by atoms with Gasteiger partial charge in [0.1, 0.15) is 0 Å². The van der Waals surface area contributed by atoms with Crippen LogP contribution in [-0.4, -0.2) is 51.9 Å². The summed E-state index contributed by atoms with van der Waals surface area (Å²) in [4.78, 5) is 0. The second-order valence-electron chi connectivity index (χ2n) is 7.95. The number of thioether (sulfide) groups is 2. The van der Waals surface area contributed by atoms with E-state index in [0.29, 0.717) is 13.2 Å². The maximum Gasteiger partial charge on any atom is 0.171 e. The lowest BCUT2D eigenvalue weighted by Crippen LogP contribution is -2.56. The number of aliphatic hydroxyl groups is 1. The topological polar surface area (TPSA) is 47.9 Å². The normalized spacial score (nSPS) is 32.6. The molecule has 0 aliphatic carbocycles. The summed E-state index contributed by atoms with van der Waals surface area (Å²) in [6.45, 7) is 1.24. The van der Waals surface area contributed by atoms with Crippen LogP contribution in [-0.2, 0) is 20.8 Å². The van der Waals surface area contributed by atoms with E-state index in [1.165, 1.54) is 23.5 Å². The molecule has 0 bridgehead atoms. The van der Waals surface area contributed by atoms with Crippen molar-refractivity contribution in [2.24, 2.45) is 0 Å². The summed E-state index contributed by atoms with van der Waals surface area (Å²) in [5.41, 5.74) is 1.17. The van der Waals surface area contributed by atoms with E-state index < -0.39 is 5.79 Å². The Kier molecular flexibility index (Phi) is 7.35. The number of ether oxygens (including phenoxy) is 3. The predicted molar refractivity (Wildman–Crippen MR) is 119 cm³/mol. The summed E-state index contributed by atoms with van der Waals surface area (Å²) in [7, 11) is 0. The van der Waals surface area contributed by atoms with Crippen molar-refractivity contribution in [1.29, 1.82) is 0 Å². The summed E-state index contributed by atoms with van der Waals surface area (Å²) in [5, 5.41) is 9.64. The Labute approximate surface area is 184 Å². The van der Waals surface area contributed by atoms with E-state index in [0.717, 1.165) is 36.6 Å². The highest BCUT2D eigenvalue weighted by Gasteiger charge is 2.53. The first-order valence-electron chi connectivity index (χ1n) is 10.2. The van der Waals surface area contributed by atoms with Gasteiger partial charge in [-0.2, -0.15) is 0 Å². The van der Waals surface area contributed by atoms with Crippen molar-refractivity contribution in [2.75, 3.05) is 24.7 Å². The highest BCUT2D eigenvalue weighted by Crippen LogP contribution is 2.56. The molecule has 3 heterocycles. The molecule has 4 rings (SSSR count). The number of aliphatic hydroxyl groups excluding tert-OH is 1. The standard InChI is InChI=1S/C21H29BrO4S2/c22-17-6-4-16(5-7-17)13-24-14-19-11-21(27-9-2-10-28-21)15-20(26-19)8-1-3-18(12-23)25-20/h4-7,18-19,23H,1-3,8-15H2/t18-,19-,20-/m1/s1. The molecular formula is C21H29BrO4S2. The molecule has 3 fully saturated rings. The molecule has 28 heavy (non-hydrogen) atoms. The molecule has 1 N–H and O–H groups in total. The van der Waals surface area contributed by atoms with Crippen molar-refractivity contribution in [2.45, 2.75) is 67.2 Å². The zero-order chi connectivity index (χ0) is 19.5. The van der Waals surface area contributed by atoms with Crippen molar-refractivity contribution in [3.8, 4) is 0 Å². The van der Waals surface area contributed by atoms with Gasteiger partial charge in [-0.15, -0.1) is 23.5 Å². The highest BCUT2D eigenvalue weighted by molar-refractivity contribution is 9.10. The molecule has 7 heteroatoms. The number of hydrogen-bond donors (Lipinski definition) is 1. The Bertz CT molecular complexity index is 638. The second kappa shape index (κ2) is 9.58. The lowest BCUT2D eigenvalue weighted by Gasteiger charge is -2.53. The molecule has 1 aromatic rings. The Hall–Kier alpha value is 0.240. The monoisotopic (exact) mass is 488 g/mol. The first-order valence-corrected chi connectivity index (χ1v) is 12.9. The Morgan fingerprint density at radius 2 is 1.86 bits per heavy atom. The lowest BCUT2D eigenvalue weighted by atomic mass is 9.92. The molecule has 1 aromatic carbocycles. The number of rotatable bonds is 5. The van der Waals surface area contributed by atoms with Crippen LogP contribution in [0.2, 0.25) is 0 Å². The summed E-state index contributed by atoms with van der Waals surface area (Å²) in [6.07, 6.45) is 5.98. The molecule has 0 unspecified atom stereocenters. The molecule has 156 valence electrons. The van der Waals surface area contributed by atoms with Crippen molar-refractivity contribution in [1.82, 2.24) is 0 Å². The summed E-state index contributed by atoms with van der Waals surface area (Å²) >= 11 is 7.63. The zero-order valence-electron chi connectivity index (χ0n) is 16.1. The molecule has 3 aliphatic heterocycles. The molecule has 3 saturated heterocycles. The Balaban J connectivity index is 1.42. The molecule has 2 spiro atoms. The SMILES string of the molecule is OC[C@H]1CCC[C@@]2(CC3(C[C@H](COCc4ccc(Br)cc4)O2)SCCCS3)O1. The fourth-order valence-electron chi connectivity index (χ4n) is 4.40. The minimum Gasteiger partial charge on any atom is -0.394 e. The largest absolute Gasteiger partial charge is 0.394 e. The molecular weight excluding hydrogens is 460 g/mol. The van der Waals surface area contributed by atoms with Gasteiger partial charge in [-0.25, -0.2) is 0 Å². The van der Waals surface area contributed by atoms with Crippen molar-refractivity contribution < 1.29 is 19.3 Å². The van der Waals surface area contributed by atoms with E-state index in [1.54, 1.807) is 0 Å². The maximum absolute atomic E-state index is 9.64. The molecule has 0 amide bonds. The van der Waals surface area contributed by atoms with Gasteiger partial charge in [0.15, 0.2) is 5.79 Å². The summed E-state index contributed by atoms with van der Waals surface area (Å²) in [6, 6.07) is 8.25. The van der Waals surface area contributed by atoms with Gasteiger partial charge in [-0.05, 0) is 54.9 Å². The summed E-state index contributed by atoms with van der Waals surface area (Å²) < 4.78 is 20.2. The zero-order valence-corrected chi connectivity index (χ0v) is 19.3. The summed E-state index contributed by atoms with van der Waals surface area (Å²) in [5.74, 6) is 1.85. The van der Waals surface area contributed by atoms with Crippen molar-refractivity contribution in [3.05, 3.63) is 34.3 Å². The molecule has 0 aromatic heterocycles. The van der Waals surface area contributed by atoms with Gasteiger partial charge in [0.2, 0.25) is 0 Å². The first kappa shape index (κ1) is 21.5. The van der Waals surface area contributed by atoms with Crippen LogP contribution in [0.1, 0.15) is 44.1 Å². The third-order valence-electron chi connectivity index (χ3n) is 5.63. The fourth-order valence-corrected chi connectivity index (χ4v) is 8.25. The van der Waals surface area contributed by atoms with Gasteiger partial charge >= 0.3 is 0 Å². The van der Waals surface area contributed by atoms with Gasteiger partial charge in [0, 0.05) is 17.3 Å². The minimum atomic E-state index is -0.563.